The van der Waals surface area contributed by atoms with Crippen molar-refractivity contribution in [1.82, 2.24) is 4.98 Å². The summed E-state index contributed by atoms with van der Waals surface area (Å²) in [7, 11) is 3.04. The molecule has 9 nitrogen and oxygen atoms in total. The van der Waals surface area contributed by atoms with Gasteiger partial charge in [0.25, 0.3) is 0 Å². The van der Waals surface area contributed by atoms with Crippen LogP contribution in [0.25, 0.3) is 10.9 Å². The van der Waals surface area contributed by atoms with Gasteiger partial charge in [0, 0.05) is 35.8 Å². The number of aromatic nitrogens is 1. The molecule has 1 heterocycles. The van der Waals surface area contributed by atoms with Gasteiger partial charge in [-0.2, -0.15) is 0 Å². The number of ether oxygens (including phenoxy) is 3. The van der Waals surface area contributed by atoms with Crippen LogP contribution in [-0.4, -0.2) is 36.0 Å². The van der Waals surface area contributed by atoms with Gasteiger partial charge in [-0.1, -0.05) is 6.42 Å². The number of nitroso groups, excluding NO2 is 1. The van der Waals surface area contributed by atoms with Gasteiger partial charge in [-0.15, -0.1) is 5.43 Å². The number of amides is 1. The lowest BCUT2D eigenvalue weighted by Gasteiger charge is -2.24. The van der Waals surface area contributed by atoms with Gasteiger partial charge in [0.05, 0.1) is 24.6 Å². The molecule has 5 rings (SSSR count). The van der Waals surface area contributed by atoms with E-state index in [1.165, 1.54) is 50.6 Å². The summed E-state index contributed by atoms with van der Waals surface area (Å²) >= 11 is 0. The summed E-state index contributed by atoms with van der Waals surface area (Å²) in [6.07, 6.45) is 4.14. The first-order chi connectivity index (χ1) is 19.9. The molecule has 1 amide bonds. The van der Waals surface area contributed by atoms with Crippen molar-refractivity contribution in [3.8, 4) is 23.0 Å². The third kappa shape index (κ3) is 6.19. The van der Waals surface area contributed by atoms with Crippen molar-refractivity contribution in [2.45, 2.75) is 31.7 Å². The van der Waals surface area contributed by atoms with Crippen LogP contribution in [0.5, 0.6) is 23.0 Å². The molecule has 0 aliphatic heterocycles. The summed E-state index contributed by atoms with van der Waals surface area (Å²) < 4.78 is 44.9. The second kappa shape index (κ2) is 12.2. The SMILES string of the molecule is COc1cc2nccc(Oc3ccc(N[N+](=O)[C@@H]4CCCC[C@@H]4C(=O)Nc4ccc(F)cc4)cc3F)c2cc1OC. The molecule has 0 radical (unpaired) electrons. The average molecular weight is 564 g/mol. The van der Waals surface area contributed by atoms with E-state index in [0.29, 0.717) is 51.5 Å². The third-order valence-electron chi connectivity index (χ3n) is 7.08. The Morgan fingerprint density at radius 3 is 2.32 bits per heavy atom. The van der Waals surface area contributed by atoms with E-state index in [1.54, 1.807) is 24.4 Å². The first kappa shape index (κ1) is 27.8. The molecule has 41 heavy (non-hydrogen) atoms. The lowest BCUT2D eigenvalue weighted by atomic mass is 9.84. The number of nitrogens with one attached hydrogen (secondary N) is 2. The number of nitrogens with zero attached hydrogens (tertiary/aromatic N) is 2. The summed E-state index contributed by atoms with van der Waals surface area (Å²) in [5, 5.41) is 3.36. The van der Waals surface area contributed by atoms with E-state index in [1.807, 2.05) is 0 Å². The molecule has 1 aliphatic carbocycles. The Morgan fingerprint density at radius 2 is 1.59 bits per heavy atom. The number of hydrogen-bond donors (Lipinski definition) is 2. The topological polar surface area (TPSA) is 102 Å². The summed E-state index contributed by atoms with van der Waals surface area (Å²) in [6.45, 7) is 0. The minimum Gasteiger partial charge on any atom is -0.493 e. The second-order valence-electron chi connectivity index (χ2n) is 9.67. The summed E-state index contributed by atoms with van der Waals surface area (Å²) in [5.74, 6) is -0.736. The van der Waals surface area contributed by atoms with Crippen molar-refractivity contribution in [3.05, 3.63) is 83.4 Å². The lowest BCUT2D eigenvalue weighted by molar-refractivity contribution is -0.566. The number of rotatable bonds is 9. The highest BCUT2D eigenvalue weighted by Crippen LogP contribution is 2.38. The van der Waals surface area contributed by atoms with Crippen LogP contribution in [0.4, 0.5) is 20.2 Å². The van der Waals surface area contributed by atoms with Gasteiger partial charge in [-0.25, -0.2) is 8.78 Å². The van der Waals surface area contributed by atoms with Crippen LogP contribution in [0.1, 0.15) is 25.7 Å². The van der Waals surface area contributed by atoms with Crippen LogP contribution in [-0.2, 0) is 4.79 Å². The predicted molar refractivity (Wildman–Crippen MR) is 149 cm³/mol. The molecule has 0 spiro atoms. The van der Waals surface area contributed by atoms with Crippen LogP contribution >= 0.6 is 0 Å². The molecular weight excluding hydrogens is 534 g/mol. The maximum Gasteiger partial charge on any atom is 0.246 e. The quantitative estimate of drug-likeness (QED) is 0.174. The largest absolute Gasteiger partial charge is 0.493 e. The molecule has 1 saturated carbocycles. The summed E-state index contributed by atoms with van der Waals surface area (Å²) in [5.41, 5.74) is 3.90. The van der Waals surface area contributed by atoms with Crippen LogP contribution in [0.2, 0.25) is 0 Å². The molecule has 4 aromatic rings. The highest BCUT2D eigenvalue weighted by molar-refractivity contribution is 5.93. The second-order valence-corrected chi connectivity index (χ2v) is 9.67. The molecule has 1 aromatic heterocycles. The van der Waals surface area contributed by atoms with E-state index >= 15 is 4.39 Å². The van der Waals surface area contributed by atoms with Gasteiger partial charge >= 0.3 is 0 Å². The van der Waals surface area contributed by atoms with Crippen molar-refractivity contribution >= 4 is 28.2 Å². The maximum atomic E-state index is 15.1. The van der Waals surface area contributed by atoms with Crippen LogP contribution in [0, 0.1) is 22.5 Å². The van der Waals surface area contributed by atoms with Crippen molar-refractivity contribution in [2.75, 3.05) is 25.0 Å². The van der Waals surface area contributed by atoms with Gasteiger partial charge in [0.1, 0.15) is 28.0 Å². The zero-order chi connectivity index (χ0) is 28.9. The first-order valence-electron chi connectivity index (χ1n) is 13.1. The molecule has 2 atom stereocenters. The Bertz CT molecular complexity index is 1580. The molecule has 2 N–H and O–H groups in total. The molecule has 0 saturated heterocycles. The van der Waals surface area contributed by atoms with E-state index < -0.39 is 23.6 Å². The van der Waals surface area contributed by atoms with Crippen molar-refractivity contribution in [2.24, 2.45) is 5.92 Å². The molecule has 3 aromatic carbocycles. The monoisotopic (exact) mass is 563 g/mol. The predicted octanol–water partition coefficient (Wildman–Crippen LogP) is 6.63. The van der Waals surface area contributed by atoms with Gasteiger partial charge in [-0.05, 0) is 61.4 Å². The average Bonchev–Trinajstić information content (AvgIpc) is 2.99. The number of fused-ring (bicyclic) bond motifs is 1. The molecule has 1 aliphatic rings. The molecule has 11 heteroatoms. The standard InChI is InChI=1S/C30H28F2N4O5/c1-39-28-16-22-24(17-29(28)40-2)33-14-13-26(22)41-27-12-11-20(15-23(27)32)35-36(38)25-6-4-3-5-21(25)30(37)34-19-9-7-18(31)8-10-19/h7-17,21,25H,3-6H2,1-2H3,(H-,34,35,37,38)/p+1/t21-,25+/m0/s1. The van der Waals surface area contributed by atoms with Crippen molar-refractivity contribution in [1.29, 1.82) is 0 Å². The number of halogens is 2. The van der Waals surface area contributed by atoms with Gasteiger partial charge in [0.15, 0.2) is 23.1 Å². The minimum absolute atomic E-state index is 0.0514. The molecule has 1 fully saturated rings. The smallest absolute Gasteiger partial charge is 0.246 e. The van der Waals surface area contributed by atoms with Crippen LogP contribution in [0.15, 0.2) is 66.9 Å². The maximum absolute atomic E-state index is 15.1. The number of anilines is 2. The van der Waals surface area contributed by atoms with E-state index in [-0.39, 0.29) is 17.3 Å². The van der Waals surface area contributed by atoms with Crippen LogP contribution < -0.4 is 25.0 Å². The third-order valence-corrected chi connectivity index (χ3v) is 7.08. The summed E-state index contributed by atoms with van der Waals surface area (Å²) in [4.78, 5) is 31.0. The Labute approximate surface area is 235 Å². The van der Waals surface area contributed by atoms with Gasteiger partial charge < -0.3 is 19.5 Å². The fourth-order valence-electron chi connectivity index (χ4n) is 4.98. The fourth-order valence-corrected chi connectivity index (χ4v) is 4.98. The number of carbonyl (C=O) groups is 1. The molecule has 0 unspecified atom stereocenters. The highest BCUT2D eigenvalue weighted by Gasteiger charge is 2.42. The summed E-state index contributed by atoms with van der Waals surface area (Å²) in [6, 6.07) is 13.9. The van der Waals surface area contributed by atoms with Crippen LogP contribution in [0.3, 0.4) is 0 Å². The first-order valence-corrected chi connectivity index (χ1v) is 13.1. The highest BCUT2D eigenvalue weighted by atomic mass is 19.1. The number of hydrogen-bond acceptors (Lipinski definition) is 6. The molecule has 0 bridgehead atoms. The number of pyridine rings is 1. The number of benzene rings is 3. The normalized spacial score (nSPS) is 16.6. The Kier molecular flexibility index (Phi) is 8.23. The van der Waals surface area contributed by atoms with Crippen molar-refractivity contribution in [3.63, 3.8) is 0 Å². The molecule has 212 valence electrons. The van der Waals surface area contributed by atoms with Crippen molar-refractivity contribution < 1.29 is 32.7 Å². The Balaban J connectivity index is 1.29. The minimum atomic E-state index is -0.692. The zero-order valence-electron chi connectivity index (χ0n) is 22.5. The van der Waals surface area contributed by atoms with Gasteiger partial charge in [0.2, 0.25) is 11.9 Å². The molecular formula is C30H29F2N4O5+. The van der Waals surface area contributed by atoms with E-state index in [0.717, 1.165) is 18.9 Å². The lowest BCUT2D eigenvalue weighted by Crippen LogP contribution is -2.43. The number of methoxy groups -OCH3 is 2. The fraction of sp³-hybridized carbons (Fsp3) is 0.267. The Morgan fingerprint density at radius 1 is 0.878 bits per heavy atom. The van der Waals surface area contributed by atoms with E-state index in [4.69, 9.17) is 14.2 Å². The zero-order valence-corrected chi connectivity index (χ0v) is 22.5. The van der Waals surface area contributed by atoms with E-state index in [9.17, 15) is 14.1 Å². The Hall–Kier alpha value is -4.80. The van der Waals surface area contributed by atoms with E-state index in [2.05, 4.69) is 15.7 Å². The van der Waals surface area contributed by atoms with Gasteiger partial charge in [-0.3, -0.25) is 9.78 Å². The number of hydrazine groups is 1. The number of carbonyl (C=O) groups excluding carboxylic acids is 1.